The van der Waals surface area contributed by atoms with Crippen LogP contribution in [0.4, 0.5) is 4.39 Å². The van der Waals surface area contributed by atoms with E-state index in [-0.39, 0.29) is 5.82 Å². The Morgan fingerprint density at radius 3 is 2.87 bits per heavy atom. The number of hydrogen-bond donors (Lipinski definition) is 0. The van der Waals surface area contributed by atoms with Crippen molar-refractivity contribution in [2.24, 2.45) is 0 Å². The van der Waals surface area contributed by atoms with Crippen LogP contribution in [-0.2, 0) is 6.42 Å². The van der Waals surface area contributed by atoms with Crippen molar-refractivity contribution in [3.05, 3.63) is 42.4 Å². The molecule has 0 aromatic carbocycles. The van der Waals surface area contributed by atoms with Crippen LogP contribution in [0.2, 0.25) is 0 Å². The first kappa shape index (κ1) is 9.83. The van der Waals surface area contributed by atoms with Gasteiger partial charge in [0.25, 0.3) is 0 Å². The maximum absolute atomic E-state index is 12.7. The molecule has 0 amide bonds. The van der Waals surface area contributed by atoms with E-state index < -0.39 is 0 Å². The fraction of sp³-hybridized carbons (Fsp3) is 0.273. The molecule has 0 saturated heterocycles. The minimum absolute atomic E-state index is 0.323. The highest BCUT2D eigenvalue weighted by Gasteiger charge is 2.04. The van der Waals surface area contributed by atoms with Gasteiger partial charge in [0.15, 0.2) is 0 Å². The van der Waals surface area contributed by atoms with Gasteiger partial charge in [0.1, 0.15) is 17.5 Å². The lowest BCUT2D eigenvalue weighted by molar-refractivity contribution is 0.619. The fourth-order valence-electron chi connectivity index (χ4n) is 1.46. The molecule has 0 N–H and O–H groups in total. The number of aromatic nitrogens is 3. The maximum atomic E-state index is 12.7. The second kappa shape index (κ2) is 4.21. The Bertz CT molecular complexity index is 433. The summed E-state index contributed by atoms with van der Waals surface area (Å²) in [7, 11) is 0. The number of nitrogens with zero attached hydrogens (tertiary/aromatic N) is 3. The summed E-state index contributed by atoms with van der Waals surface area (Å²) in [5.74, 6) is 1.34. The summed E-state index contributed by atoms with van der Waals surface area (Å²) < 4.78 is 14.6. The molecule has 78 valence electrons. The van der Waals surface area contributed by atoms with E-state index in [2.05, 4.69) is 16.9 Å². The van der Waals surface area contributed by atoms with E-state index in [1.807, 2.05) is 10.8 Å². The monoisotopic (exact) mass is 205 g/mol. The summed E-state index contributed by atoms with van der Waals surface area (Å²) in [5, 5.41) is 0. The molecule has 2 aromatic rings. The van der Waals surface area contributed by atoms with Gasteiger partial charge in [-0.25, -0.2) is 14.4 Å². The van der Waals surface area contributed by atoms with Crippen molar-refractivity contribution in [1.29, 1.82) is 0 Å². The first-order valence-corrected chi connectivity index (χ1v) is 4.95. The highest BCUT2D eigenvalue weighted by molar-refractivity contribution is 5.24. The molecule has 0 aliphatic heterocycles. The number of aryl methyl sites for hydroxylation is 1. The largest absolute Gasteiger partial charge is 0.288 e. The van der Waals surface area contributed by atoms with Gasteiger partial charge in [-0.1, -0.05) is 6.92 Å². The minimum Gasteiger partial charge on any atom is -0.288 e. The van der Waals surface area contributed by atoms with Gasteiger partial charge >= 0.3 is 0 Å². The van der Waals surface area contributed by atoms with Crippen LogP contribution < -0.4 is 0 Å². The SMILES string of the molecule is CCCc1nccn1-c1ccc(F)cn1. The lowest BCUT2D eigenvalue weighted by Crippen LogP contribution is -2.02. The number of hydrogen-bond acceptors (Lipinski definition) is 2. The van der Waals surface area contributed by atoms with E-state index in [1.54, 1.807) is 12.3 Å². The Labute approximate surface area is 87.6 Å². The van der Waals surface area contributed by atoms with Crippen LogP contribution in [0.15, 0.2) is 30.7 Å². The van der Waals surface area contributed by atoms with Crippen LogP contribution in [0.5, 0.6) is 0 Å². The van der Waals surface area contributed by atoms with Crippen LogP contribution in [0.1, 0.15) is 19.2 Å². The van der Waals surface area contributed by atoms with Gasteiger partial charge in [0.05, 0.1) is 6.20 Å². The molecule has 0 unspecified atom stereocenters. The Hall–Kier alpha value is -1.71. The minimum atomic E-state index is -0.323. The van der Waals surface area contributed by atoms with Crippen molar-refractivity contribution >= 4 is 0 Å². The molecule has 0 bridgehead atoms. The summed E-state index contributed by atoms with van der Waals surface area (Å²) in [6.45, 7) is 2.09. The van der Waals surface area contributed by atoms with Gasteiger partial charge in [-0.15, -0.1) is 0 Å². The van der Waals surface area contributed by atoms with Gasteiger partial charge in [0, 0.05) is 18.8 Å². The predicted molar refractivity (Wildman–Crippen MR) is 55.3 cm³/mol. The second-order valence-electron chi connectivity index (χ2n) is 3.30. The van der Waals surface area contributed by atoms with E-state index in [9.17, 15) is 4.39 Å². The third-order valence-corrected chi connectivity index (χ3v) is 2.15. The van der Waals surface area contributed by atoms with Crippen LogP contribution >= 0.6 is 0 Å². The lowest BCUT2D eigenvalue weighted by atomic mass is 10.3. The molecular formula is C11H12FN3. The molecule has 2 aromatic heterocycles. The van der Waals surface area contributed by atoms with Gasteiger partial charge in [-0.2, -0.15) is 0 Å². The fourth-order valence-corrected chi connectivity index (χ4v) is 1.46. The number of halogens is 1. The molecule has 0 aliphatic carbocycles. The molecule has 0 spiro atoms. The standard InChI is InChI=1S/C11H12FN3/c1-2-3-10-13-6-7-15(10)11-5-4-9(12)8-14-11/h4-8H,2-3H2,1H3. The first-order chi connectivity index (χ1) is 7.31. The average molecular weight is 205 g/mol. The zero-order chi connectivity index (χ0) is 10.7. The highest BCUT2D eigenvalue weighted by atomic mass is 19.1. The van der Waals surface area contributed by atoms with E-state index in [0.29, 0.717) is 5.82 Å². The predicted octanol–water partition coefficient (Wildman–Crippen LogP) is 2.36. The van der Waals surface area contributed by atoms with Crippen LogP contribution in [0, 0.1) is 5.82 Å². The maximum Gasteiger partial charge on any atom is 0.141 e. The highest BCUT2D eigenvalue weighted by Crippen LogP contribution is 2.09. The molecule has 0 fully saturated rings. The van der Waals surface area contributed by atoms with E-state index in [1.165, 1.54) is 12.3 Å². The van der Waals surface area contributed by atoms with Crippen molar-refractivity contribution in [2.75, 3.05) is 0 Å². The number of rotatable bonds is 3. The normalized spacial score (nSPS) is 10.5. The summed E-state index contributed by atoms with van der Waals surface area (Å²) in [6.07, 6.45) is 6.70. The molecule has 3 nitrogen and oxygen atoms in total. The zero-order valence-electron chi connectivity index (χ0n) is 8.52. The average Bonchev–Trinajstić information content (AvgIpc) is 2.68. The smallest absolute Gasteiger partial charge is 0.141 e. The Balaban J connectivity index is 2.36. The van der Waals surface area contributed by atoms with Gasteiger partial charge in [0.2, 0.25) is 0 Å². The summed E-state index contributed by atoms with van der Waals surface area (Å²) >= 11 is 0. The Morgan fingerprint density at radius 1 is 1.33 bits per heavy atom. The summed E-state index contributed by atoms with van der Waals surface area (Å²) in [4.78, 5) is 8.25. The van der Waals surface area contributed by atoms with E-state index in [0.717, 1.165) is 18.7 Å². The third-order valence-electron chi connectivity index (χ3n) is 2.15. The van der Waals surface area contributed by atoms with Gasteiger partial charge in [-0.3, -0.25) is 4.57 Å². The second-order valence-corrected chi connectivity index (χ2v) is 3.30. The van der Waals surface area contributed by atoms with Crippen LogP contribution in [0.3, 0.4) is 0 Å². The number of imidazole rings is 1. The molecule has 0 atom stereocenters. The molecule has 0 saturated carbocycles. The van der Waals surface area contributed by atoms with Crippen molar-refractivity contribution < 1.29 is 4.39 Å². The molecule has 0 radical (unpaired) electrons. The van der Waals surface area contributed by atoms with Crippen molar-refractivity contribution in [1.82, 2.24) is 14.5 Å². The quantitative estimate of drug-likeness (QED) is 0.770. The Kier molecular flexibility index (Phi) is 2.76. The molecule has 4 heteroatoms. The zero-order valence-corrected chi connectivity index (χ0v) is 8.52. The molecule has 2 rings (SSSR count). The Morgan fingerprint density at radius 2 is 2.20 bits per heavy atom. The first-order valence-electron chi connectivity index (χ1n) is 4.95. The molecule has 0 aliphatic rings. The van der Waals surface area contributed by atoms with Gasteiger partial charge in [-0.05, 0) is 18.6 Å². The molecule has 15 heavy (non-hydrogen) atoms. The molecular weight excluding hydrogens is 193 g/mol. The third kappa shape index (κ3) is 2.03. The van der Waals surface area contributed by atoms with Crippen molar-refractivity contribution in [3.63, 3.8) is 0 Å². The lowest BCUT2D eigenvalue weighted by Gasteiger charge is -2.05. The van der Waals surface area contributed by atoms with Crippen LogP contribution in [0.25, 0.3) is 5.82 Å². The summed E-state index contributed by atoms with van der Waals surface area (Å²) in [5.41, 5.74) is 0. The van der Waals surface area contributed by atoms with Crippen molar-refractivity contribution in [2.45, 2.75) is 19.8 Å². The van der Waals surface area contributed by atoms with Crippen molar-refractivity contribution in [3.8, 4) is 5.82 Å². The van der Waals surface area contributed by atoms with E-state index >= 15 is 0 Å². The summed E-state index contributed by atoms with van der Waals surface area (Å²) in [6, 6.07) is 3.05. The topological polar surface area (TPSA) is 30.7 Å². The van der Waals surface area contributed by atoms with Crippen LogP contribution in [-0.4, -0.2) is 14.5 Å². The molecule has 2 heterocycles. The van der Waals surface area contributed by atoms with E-state index in [4.69, 9.17) is 0 Å². The van der Waals surface area contributed by atoms with Gasteiger partial charge < -0.3 is 0 Å². The number of pyridine rings is 1.